The van der Waals surface area contributed by atoms with Gasteiger partial charge in [-0.05, 0) is 31.3 Å². The zero-order chi connectivity index (χ0) is 20.2. The van der Waals surface area contributed by atoms with Crippen molar-refractivity contribution in [2.75, 3.05) is 62.7 Å². The van der Waals surface area contributed by atoms with Gasteiger partial charge in [-0.25, -0.2) is 0 Å². The summed E-state index contributed by atoms with van der Waals surface area (Å²) in [6, 6.07) is 17.0. The number of anilines is 2. The van der Waals surface area contributed by atoms with Gasteiger partial charge in [0.15, 0.2) is 0 Å². The summed E-state index contributed by atoms with van der Waals surface area (Å²) < 4.78 is 0. The summed E-state index contributed by atoms with van der Waals surface area (Å²) >= 11 is 0. The maximum absolute atomic E-state index is 13.0. The summed E-state index contributed by atoms with van der Waals surface area (Å²) in [5, 5.41) is 0. The number of carbonyl (C=O) groups is 2. The van der Waals surface area contributed by atoms with Crippen LogP contribution in [0.2, 0.25) is 0 Å². The number of carbonyl (C=O) groups excluding carboxylic acids is 2. The molecule has 1 saturated heterocycles. The third-order valence-electron chi connectivity index (χ3n) is 5.82. The summed E-state index contributed by atoms with van der Waals surface area (Å²) in [7, 11) is 2.13. The summed E-state index contributed by atoms with van der Waals surface area (Å²) in [5.74, 6) is 0.103. The molecule has 2 aliphatic heterocycles. The number of rotatable bonds is 4. The fourth-order valence-corrected chi connectivity index (χ4v) is 4.03. The maximum atomic E-state index is 13.0. The third kappa shape index (κ3) is 4.33. The molecule has 2 heterocycles. The van der Waals surface area contributed by atoms with Crippen LogP contribution in [0.5, 0.6) is 0 Å². The first kappa shape index (κ1) is 19.6. The first-order chi connectivity index (χ1) is 14.1. The van der Waals surface area contributed by atoms with Crippen molar-refractivity contribution < 1.29 is 9.59 Å². The van der Waals surface area contributed by atoms with Gasteiger partial charge in [0.2, 0.25) is 5.91 Å². The third-order valence-corrected chi connectivity index (χ3v) is 5.82. The highest BCUT2D eigenvalue weighted by Crippen LogP contribution is 2.34. The van der Waals surface area contributed by atoms with E-state index in [1.807, 2.05) is 59.5 Å². The SMILES string of the molecule is CN1CCN(CCC(=O)N2CCN(C(=O)c3ccccc3)c3ccccc32)CC1. The van der Waals surface area contributed by atoms with Gasteiger partial charge >= 0.3 is 0 Å². The fourth-order valence-electron chi connectivity index (χ4n) is 4.03. The molecule has 0 saturated carbocycles. The molecule has 2 aromatic rings. The van der Waals surface area contributed by atoms with E-state index in [0.29, 0.717) is 25.1 Å². The van der Waals surface area contributed by atoms with Crippen LogP contribution in [-0.2, 0) is 4.79 Å². The highest BCUT2D eigenvalue weighted by molar-refractivity contribution is 6.10. The van der Waals surface area contributed by atoms with E-state index in [1.165, 1.54) is 0 Å². The molecule has 6 nitrogen and oxygen atoms in total. The van der Waals surface area contributed by atoms with Gasteiger partial charge in [0.1, 0.15) is 0 Å². The minimum Gasteiger partial charge on any atom is -0.309 e. The lowest BCUT2D eigenvalue weighted by atomic mass is 10.1. The van der Waals surface area contributed by atoms with Crippen LogP contribution in [0.4, 0.5) is 11.4 Å². The Kier molecular flexibility index (Phi) is 5.92. The summed E-state index contributed by atoms with van der Waals surface area (Å²) in [4.78, 5) is 34.3. The number of hydrogen-bond acceptors (Lipinski definition) is 4. The van der Waals surface area contributed by atoms with Crippen molar-refractivity contribution in [2.24, 2.45) is 0 Å². The molecule has 0 aliphatic carbocycles. The van der Waals surface area contributed by atoms with E-state index in [9.17, 15) is 9.59 Å². The van der Waals surface area contributed by atoms with E-state index in [2.05, 4.69) is 16.8 Å². The van der Waals surface area contributed by atoms with Gasteiger partial charge in [0.05, 0.1) is 11.4 Å². The highest BCUT2D eigenvalue weighted by Gasteiger charge is 2.30. The van der Waals surface area contributed by atoms with Crippen molar-refractivity contribution in [3.05, 3.63) is 60.2 Å². The largest absolute Gasteiger partial charge is 0.309 e. The van der Waals surface area contributed by atoms with E-state index in [0.717, 1.165) is 44.1 Å². The summed E-state index contributed by atoms with van der Waals surface area (Å²) in [6.07, 6.45) is 0.505. The van der Waals surface area contributed by atoms with Gasteiger partial charge in [0, 0.05) is 57.8 Å². The van der Waals surface area contributed by atoms with Crippen molar-refractivity contribution in [3.8, 4) is 0 Å². The molecule has 0 aromatic heterocycles. The van der Waals surface area contributed by atoms with E-state index in [4.69, 9.17) is 0 Å². The number of hydrogen-bond donors (Lipinski definition) is 0. The first-order valence-electron chi connectivity index (χ1n) is 10.3. The van der Waals surface area contributed by atoms with Crippen molar-refractivity contribution >= 4 is 23.2 Å². The lowest BCUT2D eigenvalue weighted by Gasteiger charge is -2.37. The second-order valence-corrected chi connectivity index (χ2v) is 7.75. The molecule has 0 unspecified atom stereocenters. The predicted octanol–water partition coefficient (Wildman–Crippen LogP) is 2.32. The molecule has 2 aliphatic rings. The Labute approximate surface area is 172 Å². The van der Waals surface area contributed by atoms with Crippen LogP contribution in [0.3, 0.4) is 0 Å². The maximum Gasteiger partial charge on any atom is 0.258 e. The number of piperazine rings is 1. The zero-order valence-electron chi connectivity index (χ0n) is 17.0. The number of fused-ring (bicyclic) bond motifs is 1. The number of amides is 2. The van der Waals surface area contributed by atoms with Gasteiger partial charge in [-0.1, -0.05) is 30.3 Å². The van der Waals surface area contributed by atoms with Crippen LogP contribution in [0, 0.1) is 0 Å². The standard InChI is InChI=1S/C23H28N4O2/c1-24-13-15-25(16-14-24)12-11-22(28)26-17-18-27(21-10-6-5-9-20(21)26)23(29)19-7-3-2-4-8-19/h2-10H,11-18H2,1H3. The second kappa shape index (κ2) is 8.76. The Morgan fingerprint density at radius 3 is 2.03 bits per heavy atom. The number of likely N-dealkylation sites (N-methyl/N-ethyl adjacent to an activating group) is 1. The molecule has 0 atom stereocenters. The van der Waals surface area contributed by atoms with Crippen molar-refractivity contribution in [1.29, 1.82) is 0 Å². The molecule has 2 aromatic carbocycles. The molecule has 0 N–H and O–H groups in total. The Morgan fingerprint density at radius 2 is 1.34 bits per heavy atom. The molecule has 0 radical (unpaired) electrons. The molecule has 4 rings (SSSR count). The fraction of sp³-hybridized carbons (Fsp3) is 0.391. The smallest absolute Gasteiger partial charge is 0.258 e. The van der Waals surface area contributed by atoms with Crippen LogP contribution >= 0.6 is 0 Å². The molecular formula is C23H28N4O2. The van der Waals surface area contributed by atoms with Crippen LogP contribution in [-0.4, -0.2) is 74.5 Å². The zero-order valence-corrected chi connectivity index (χ0v) is 17.0. The Hall–Kier alpha value is -2.70. The van der Waals surface area contributed by atoms with Gasteiger partial charge in [-0.3, -0.25) is 9.59 Å². The van der Waals surface area contributed by atoms with Crippen LogP contribution in [0.15, 0.2) is 54.6 Å². The van der Waals surface area contributed by atoms with Crippen LogP contribution < -0.4 is 9.80 Å². The molecular weight excluding hydrogens is 364 g/mol. The lowest BCUT2D eigenvalue weighted by Crippen LogP contribution is -2.48. The molecule has 6 heteroatoms. The second-order valence-electron chi connectivity index (χ2n) is 7.75. The van der Waals surface area contributed by atoms with Crippen LogP contribution in [0.1, 0.15) is 16.8 Å². The highest BCUT2D eigenvalue weighted by atomic mass is 16.2. The summed E-state index contributed by atoms with van der Waals surface area (Å²) in [5.41, 5.74) is 2.30. The molecule has 29 heavy (non-hydrogen) atoms. The molecule has 0 spiro atoms. The molecule has 2 amide bonds. The van der Waals surface area contributed by atoms with Gasteiger partial charge in [0.25, 0.3) is 5.91 Å². The quantitative estimate of drug-likeness (QED) is 0.801. The molecule has 152 valence electrons. The number of nitrogens with zero attached hydrogens (tertiary/aromatic N) is 4. The van der Waals surface area contributed by atoms with E-state index >= 15 is 0 Å². The average molecular weight is 393 g/mol. The lowest BCUT2D eigenvalue weighted by molar-refractivity contribution is -0.119. The van der Waals surface area contributed by atoms with Gasteiger partial charge < -0.3 is 19.6 Å². The number of para-hydroxylation sites is 2. The molecule has 1 fully saturated rings. The topological polar surface area (TPSA) is 47.1 Å². The van der Waals surface area contributed by atoms with Gasteiger partial charge in [-0.15, -0.1) is 0 Å². The minimum absolute atomic E-state index is 0.0254. The monoisotopic (exact) mass is 392 g/mol. The first-order valence-corrected chi connectivity index (χ1v) is 10.3. The Morgan fingerprint density at radius 1 is 0.759 bits per heavy atom. The van der Waals surface area contributed by atoms with E-state index in [1.54, 1.807) is 4.90 Å². The van der Waals surface area contributed by atoms with Crippen LogP contribution in [0.25, 0.3) is 0 Å². The molecule has 0 bridgehead atoms. The van der Waals surface area contributed by atoms with Gasteiger partial charge in [-0.2, -0.15) is 0 Å². The predicted molar refractivity (Wildman–Crippen MR) is 115 cm³/mol. The Bertz CT molecular complexity index is 862. The Balaban J connectivity index is 1.46. The number of benzene rings is 2. The van der Waals surface area contributed by atoms with Crippen molar-refractivity contribution in [2.45, 2.75) is 6.42 Å². The van der Waals surface area contributed by atoms with Crippen molar-refractivity contribution in [1.82, 2.24) is 9.80 Å². The average Bonchev–Trinajstić information content (AvgIpc) is 2.78. The minimum atomic E-state index is -0.0254. The van der Waals surface area contributed by atoms with E-state index in [-0.39, 0.29) is 11.8 Å². The summed E-state index contributed by atoms with van der Waals surface area (Å²) in [6.45, 7) is 5.95. The van der Waals surface area contributed by atoms with E-state index < -0.39 is 0 Å². The normalized spacial score (nSPS) is 17.8. The van der Waals surface area contributed by atoms with Crippen molar-refractivity contribution in [3.63, 3.8) is 0 Å².